The largest absolute Gasteiger partial charge is 0.492 e. The minimum Gasteiger partial charge on any atom is -0.492 e. The monoisotopic (exact) mass is 382 g/mol. The van der Waals surface area contributed by atoms with Crippen LogP contribution in [0.4, 0.5) is 0 Å². The first-order chi connectivity index (χ1) is 13.0. The van der Waals surface area contributed by atoms with Gasteiger partial charge >= 0.3 is 0 Å². The van der Waals surface area contributed by atoms with Crippen molar-refractivity contribution in [3.63, 3.8) is 0 Å². The zero-order chi connectivity index (χ0) is 19.0. The van der Waals surface area contributed by atoms with Crippen LogP contribution in [0.3, 0.4) is 0 Å². The second kappa shape index (κ2) is 7.02. The fourth-order valence-electron chi connectivity index (χ4n) is 4.10. The maximum atomic E-state index is 12.9. The predicted molar refractivity (Wildman–Crippen MR) is 108 cm³/mol. The molecule has 0 aliphatic carbocycles. The summed E-state index contributed by atoms with van der Waals surface area (Å²) in [4.78, 5) is 14.8. The Morgan fingerprint density at radius 3 is 2.67 bits per heavy atom. The van der Waals surface area contributed by atoms with Gasteiger partial charge in [0.15, 0.2) is 0 Å². The first-order valence-corrected chi connectivity index (χ1v) is 9.61. The van der Waals surface area contributed by atoms with E-state index < -0.39 is 0 Å². The highest BCUT2D eigenvalue weighted by atomic mass is 35.5. The molecule has 0 unspecified atom stereocenters. The van der Waals surface area contributed by atoms with Crippen LogP contribution in [0.1, 0.15) is 29.5 Å². The standard InChI is InChI=1S/C22H23ClN2O2/c1-15(17-4-2-3-5-19(17)23)21(26)25-10-8-22(9-11-25)14-27-20-7-6-16(13-24)12-18(20)22/h2-7,12H,1,8-11,13-14,24H2. The van der Waals surface area contributed by atoms with Gasteiger partial charge in [0.2, 0.25) is 0 Å². The molecule has 1 fully saturated rings. The summed E-state index contributed by atoms with van der Waals surface area (Å²) >= 11 is 6.23. The van der Waals surface area contributed by atoms with Crippen LogP contribution in [0.25, 0.3) is 5.57 Å². The first-order valence-electron chi connectivity index (χ1n) is 9.23. The molecular weight excluding hydrogens is 360 g/mol. The topological polar surface area (TPSA) is 55.6 Å². The van der Waals surface area contributed by atoms with Gasteiger partial charge in [0.05, 0.1) is 6.61 Å². The third kappa shape index (κ3) is 3.13. The average Bonchev–Trinajstić information content (AvgIpc) is 3.05. The second-order valence-corrected chi connectivity index (χ2v) is 7.76. The normalized spacial score (nSPS) is 17.5. The number of nitrogens with two attached hydrogens (primary N) is 1. The summed E-state index contributed by atoms with van der Waals surface area (Å²) in [7, 11) is 0. The van der Waals surface area contributed by atoms with E-state index in [-0.39, 0.29) is 11.3 Å². The lowest BCUT2D eigenvalue weighted by atomic mass is 9.74. The minimum atomic E-state index is -0.0483. The molecule has 1 amide bonds. The molecule has 2 aromatic carbocycles. The van der Waals surface area contributed by atoms with Gasteiger partial charge in [-0.05, 0) is 30.5 Å². The van der Waals surface area contributed by atoms with E-state index in [2.05, 4.69) is 12.6 Å². The summed E-state index contributed by atoms with van der Waals surface area (Å²) in [5.74, 6) is 0.903. The maximum absolute atomic E-state index is 12.9. The molecule has 2 N–H and O–H groups in total. The van der Waals surface area contributed by atoms with Crippen molar-refractivity contribution < 1.29 is 9.53 Å². The van der Waals surface area contributed by atoms with Crippen LogP contribution in [-0.4, -0.2) is 30.5 Å². The Morgan fingerprint density at radius 2 is 1.96 bits per heavy atom. The summed E-state index contributed by atoms with van der Waals surface area (Å²) in [6, 6.07) is 13.5. The smallest absolute Gasteiger partial charge is 0.253 e. The van der Waals surface area contributed by atoms with Crippen molar-refractivity contribution in [2.24, 2.45) is 5.73 Å². The minimum absolute atomic E-state index is 0.0248. The number of carbonyl (C=O) groups excluding carboxylic acids is 1. The van der Waals surface area contributed by atoms with Gasteiger partial charge in [0, 0.05) is 46.8 Å². The number of benzene rings is 2. The number of halogens is 1. The van der Waals surface area contributed by atoms with E-state index in [9.17, 15) is 4.79 Å². The molecule has 4 nitrogen and oxygen atoms in total. The number of nitrogens with zero attached hydrogens (tertiary/aromatic N) is 1. The molecular formula is C22H23ClN2O2. The highest BCUT2D eigenvalue weighted by Crippen LogP contribution is 2.46. The second-order valence-electron chi connectivity index (χ2n) is 7.35. The molecule has 2 aliphatic heterocycles. The molecule has 0 aromatic heterocycles. The van der Waals surface area contributed by atoms with Crippen LogP contribution in [0, 0.1) is 0 Å². The van der Waals surface area contributed by atoms with Crippen molar-refractivity contribution in [3.8, 4) is 5.75 Å². The molecule has 2 aliphatic rings. The molecule has 0 saturated carbocycles. The highest BCUT2D eigenvalue weighted by Gasteiger charge is 2.44. The van der Waals surface area contributed by atoms with Gasteiger partial charge in [-0.2, -0.15) is 0 Å². The van der Waals surface area contributed by atoms with Crippen LogP contribution < -0.4 is 10.5 Å². The summed E-state index contributed by atoms with van der Waals surface area (Å²) < 4.78 is 5.94. The summed E-state index contributed by atoms with van der Waals surface area (Å²) in [5.41, 5.74) is 9.29. The van der Waals surface area contributed by atoms with E-state index in [1.54, 1.807) is 6.07 Å². The van der Waals surface area contributed by atoms with E-state index in [0.717, 1.165) is 24.2 Å². The van der Waals surface area contributed by atoms with Gasteiger partial charge in [-0.3, -0.25) is 4.79 Å². The quantitative estimate of drug-likeness (QED) is 0.822. The molecule has 0 bridgehead atoms. The molecule has 2 heterocycles. The van der Waals surface area contributed by atoms with Crippen molar-refractivity contribution in [2.75, 3.05) is 19.7 Å². The number of piperidine rings is 1. The van der Waals surface area contributed by atoms with Gasteiger partial charge in [0.1, 0.15) is 5.75 Å². The first kappa shape index (κ1) is 18.1. The van der Waals surface area contributed by atoms with Crippen molar-refractivity contribution in [2.45, 2.75) is 24.8 Å². The van der Waals surface area contributed by atoms with Crippen LogP contribution in [0.5, 0.6) is 5.75 Å². The lowest BCUT2D eigenvalue weighted by molar-refractivity contribution is -0.126. The molecule has 5 heteroatoms. The van der Waals surface area contributed by atoms with Crippen molar-refractivity contribution in [3.05, 3.63) is 70.8 Å². The zero-order valence-corrected chi connectivity index (χ0v) is 16.0. The summed E-state index contributed by atoms with van der Waals surface area (Å²) in [6.07, 6.45) is 1.74. The number of hydrogen-bond donors (Lipinski definition) is 1. The molecule has 2 aromatic rings. The third-order valence-corrected chi connectivity index (χ3v) is 6.15. The van der Waals surface area contributed by atoms with Gasteiger partial charge in [-0.1, -0.05) is 48.5 Å². The summed E-state index contributed by atoms with van der Waals surface area (Å²) in [5, 5.41) is 0.553. The SMILES string of the molecule is C=C(C(=O)N1CCC2(CC1)COc1ccc(CN)cc12)c1ccccc1Cl. The van der Waals surface area contributed by atoms with Crippen LogP contribution in [0.2, 0.25) is 5.02 Å². The van der Waals surface area contributed by atoms with Gasteiger partial charge < -0.3 is 15.4 Å². The van der Waals surface area contributed by atoms with Gasteiger partial charge in [-0.15, -0.1) is 0 Å². The van der Waals surface area contributed by atoms with Crippen LogP contribution >= 0.6 is 11.6 Å². The van der Waals surface area contributed by atoms with Crippen molar-refractivity contribution in [1.29, 1.82) is 0 Å². The van der Waals surface area contributed by atoms with Crippen molar-refractivity contribution in [1.82, 2.24) is 4.90 Å². The van der Waals surface area contributed by atoms with E-state index in [1.165, 1.54) is 5.56 Å². The number of likely N-dealkylation sites (tertiary alicyclic amines) is 1. The Balaban J connectivity index is 1.50. The number of amides is 1. The fourth-order valence-corrected chi connectivity index (χ4v) is 4.35. The Bertz CT molecular complexity index is 901. The lowest BCUT2D eigenvalue weighted by Crippen LogP contribution is -2.46. The fraction of sp³-hybridized carbons (Fsp3) is 0.318. The average molecular weight is 383 g/mol. The molecule has 0 radical (unpaired) electrons. The number of rotatable bonds is 3. The highest BCUT2D eigenvalue weighted by molar-refractivity contribution is 6.34. The number of ether oxygens (including phenoxy) is 1. The molecule has 140 valence electrons. The van der Waals surface area contributed by atoms with Crippen LogP contribution in [0.15, 0.2) is 49.0 Å². The molecule has 27 heavy (non-hydrogen) atoms. The predicted octanol–water partition coefficient (Wildman–Crippen LogP) is 3.76. The van der Waals surface area contributed by atoms with E-state index in [0.29, 0.717) is 42.4 Å². The molecule has 1 spiro atoms. The van der Waals surface area contributed by atoms with Crippen molar-refractivity contribution >= 4 is 23.1 Å². The Morgan fingerprint density at radius 1 is 1.22 bits per heavy atom. The van der Waals surface area contributed by atoms with Gasteiger partial charge in [0.25, 0.3) is 5.91 Å². The Labute approximate surface area is 164 Å². The zero-order valence-electron chi connectivity index (χ0n) is 15.2. The van der Waals surface area contributed by atoms with E-state index in [1.807, 2.05) is 35.2 Å². The summed E-state index contributed by atoms with van der Waals surface area (Å²) in [6.45, 7) is 6.54. The van der Waals surface area contributed by atoms with E-state index >= 15 is 0 Å². The van der Waals surface area contributed by atoms with Crippen LogP contribution in [-0.2, 0) is 16.8 Å². The molecule has 4 rings (SSSR count). The lowest BCUT2D eigenvalue weighted by Gasteiger charge is -2.39. The van der Waals surface area contributed by atoms with E-state index in [4.69, 9.17) is 22.1 Å². The Hall–Kier alpha value is -2.30. The number of fused-ring (bicyclic) bond motifs is 2. The number of hydrogen-bond acceptors (Lipinski definition) is 3. The Kier molecular flexibility index (Phi) is 4.70. The van der Waals surface area contributed by atoms with Gasteiger partial charge in [-0.25, -0.2) is 0 Å². The number of carbonyl (C=O) groups is 1. The molecule has 0 atom stereocenters. The maximum Gasteiger partial charge on any atom is 0.253 e. The third-order valence-electron chi connectivity index (χ3n) is 5.82. The molecule has 1 saturated heterocycles.